The second-order valence-electron chi connectivity index (χ2n) is 7.00. The number of anilines is 1. The average molecular weight is 469 g/mol. The number of ether oxygens (including phenoxy) is 1. The van der Waals surface area contributed by atoms with Crippen LogP contribution in [0.15, 0.2) is 47.4 Å². The summed E-state index contributed by atoms with van der Waals surface area (Å²) in [6.07, 6.45) is -0.0398. The smallest absolute Gasteiger partial charge is 0.306 e. The van der Waals surface area contributed by atoms with E-state index in [1.54, 1.807) is 6.07 Å². The second-order valence-corrected chi connectivity index (χ2v) is 10.6. The molecule has 0 aliphatic carbocycles. The molecular weight excluding hydrogens is 451 g/mol. The van der Waals surface area contributed by atoms with Crippen LogP contribution in [0.2, 0.25) is 5.02 Å². The maximum atomic E-state index is 13.3. The number of fused-ring (bicyclic) bond motifs is 1. The third-order valence-electron chi connectivity index (χ3n) is 4.72. The van der Waals surface area contributed by atoms with Gasteiger partial charge in [-0.15, -0.1) is 0 Å². The van der Waals surface area contributed by atoms with Crippen LogP contribution in [0.4, 0.5) is 9.52 Å². The molecule has 10 heteroatoms. The van der Waals surface area contributed by atoms with Gasteiger partial charge in [0.1, 0.15) is 11.9 Å². The van der Waals surface area contributed by atoms with E-state index in [0.717, 1.165) is 15.3 Å². The first-order valence-corrected chi connectivity index (χ1v) is 12.1. The summed E-state index contributed by atoms with van der Waals surface area (Å²) in [5.41, 5.74) is 0.735. The number of esters is 1. The lowest BCUT2D eigenvalue weighted by Crippen LogP contribution is -2.53. The monoisotopic (exact) mass is 468 g/mol. The quantitative estimate of drug-likeness (QED) is 0.486. The fraction of sp³-hybridized carbons (Fsp3) is 0.300. The van der Waals surface area contributed by atoms with Crippen molar-refractivity contribution in [1.29, 1.82) is 0 Å². The summed E-state index contributed by atoms with van der Waals surface area (Å²) in [6, 6.07) is 10.4. The van der Waals surface area contributed by atoms with E-state index in [0.29, 0.717) is 18.1 Å². The molecule has 1 aromatic heterocycles. The fourth-order valence-corrected chi connectivity index (χ4v) is 5.55. The molecule has 0 spiro atoms. The Balaban J connectivity index is 1.22. The van der Waals surface area contributed by atoms with Crippen LogP contribution in [-0.2, 0) is 19.4 Å². The Bertz CT molecular complexity index is 1180. The number of aromatic nitrogens is 1. The molecule has 1 saturated heterocycles. The standard InChI is InChI=1S/C20H18ClFN2O4S2/c21-13-3-6-16(7-4-13)30(26,27)9-1-2-19(25)28-15-11-24(12-15)20-23-17-8-5-14(22)10-18(17)29-20/h3-8,10,15H,1-2,9,11-12H2. The van der Waals surface area contributed by atoms with E-state index in [1.165, 1.54) is 47.7 Å². The van der Waals surface area contributed by atoms with E-state index in [4.69, 9.17) is 16.3 Å². The second kappa shape index (κ2) is 8.49. The predicted octanol–water partition coefficient (Wildman–Crippen LogP) is 4.07. The highest BCUT2D eigenvalue weighted by molar-refractivity contribution is 7.91. The van der Waals surface area contributed by atoms with Crippen molar-refractivity contribution in [2.24, 2.45) is 0 Å². The molecular formula is C20H18ClFN2O4S2. The molecule has 0 saturated carbocycles. The molecule has 2 aromatic carbocycles. The number of hydrogen-bond acceptors (Lipinski definition) is 7. The van der Waals surface area contributed by atoms with Gasteiger partial charge in [-0.3, -0.25) is 4.79 Å². The molecule has 0 atom stereocenters. The van der Waals surface area contributed by atoms with Crippen LogP contribution in [0, 0.1) is 5.82 Å². The Morgan fingerprint density at radius 1 is 1.23 bits per heavy atom. The average Bonchev–Trinajstić information content (AvgIpc) is 3.07. The number of benzene rings is 2. The number of carbonyl (C=O) groups excluding carboxylic acids is 1. The topological polar surface area (TPSA) is 76.6 Å². The van der Waals surface area contributed by atoms with Crippen molar-refractivity contribution in [2.75, 3.05) is 23.7 Å². The molecule has 1 fully saturated rings. The first-order chi connectivity index (χ1) is 14.3. The van der Waals surface area contributed by atoms with Gasteiger partial charge in [0.25, 0.3) is 0 Å². The lowest BCUT2D eigenvalue weighted by atomic mass is 10.2. The Hall–Kier alpha value is -2.23. The van der Waals surface area contributed by atoms with Crippen molar-refractivity contribution in [3.8, 4) is 0 Å². The zero-order chi connectivity index (χ0) is 21.3. The van der Waals surface area contributed by atoms with Crippen molar-refractivity contribution < 1.29 is 22.3 Å². The third-order valence-corrected chi connectivity index (χ3v) is 7.87. The summed E-state index contributed by atoms with van der Waals surface area (Å²) >= 11 is 7.16. The predicted molar refractivity (Wildman–Crippen MR) is 114 cm³/mol. The van der Waals surface area contributed by atoms with Crippen LogP contribution < -0.4 is 4.90 Å². The van der Waals surface area contributed by atoms with E-state index in [1.807, 2.05) is 4.90 Å². The van der Waals surface area contributed by atoms with Gasteiger partial charge in [0, 0.05) is 11.4 Å². The fourth-order valence-electron chi connectivity index (χ4n) is 3.10. The van der Waals surface area contributed by atoms with E-state index in [2.05, 4.69) is 4.98 Å². The minimum Gasteiger partial charge on any atom is -0.459 e. The van der Waals surface area contributed by atoms with Crippen molar-refractivity contribution in [3.05, 3.63) is 53.3 Å². The molecule has 0 radical (unpaired) electrons. The molecule has 6 nitrogen and oxygen atoms in total. The SMILES string of the molecule is O=C(CCCS(=O)(=O)c1ccc(Cl)cc1)OC1CN(c2nc3ccc(F)cc3s2)C1. The van der Waals surface area contributed by atoms with Gasteiger partial charge in [-0.05, 0) is 48.9 Å². The highest BCUT2D eigenvalue weighted by Gasteiger charge is 2.32. The Kier molecular flexibility index (Phi) is 5.95. The molecule has 30 heavy (non-hydrogen) atoms. The normalized spacial score (nSPS) is 14.7. The highest BCUT2D eigenvalue weighted by atomic mass is 35.5. The molecule has 1 aliphatic rings. The minimum atomic E-state index is -3.46. The van der Waals surface area contributed by atoms with Gasteiger partial charge in [-0.2, -0.15) is 0 Å². The van der Waals surface area contributed by atoms with Gasteiger partial charge in [-0.25, -0.2) is 17.8 Å². The summed E-state index contributed by atoms with van der Waals surface area (Å²) in [5, 5.41) is 1.22. The number of halogens is 2. The highest BCUT2D eigenvalue weighted by Crippen LogP contribution is 2.32. The molecule has 2 heterocycles. The Morgan fingerprint density at radius 3 is 2.70 bits per heavy atom. The maximum absolute atomic E-state index is 13.3. The van der Waals surface area contributed by atoms with Gasteiger partial charge in [0.2, 0.25) is 0 Å². The molecule has 158 valence electrons. The largest absolute Gasteiger partial charge is 0.459 e. The molecule has 0 bridgehead atoms. The minimum absolute atomic E-state index is 0.0315. The summed E-state index contributed by atoms with van der Waals surface area (Å²) in [7, 11) is -3.46. The van der Waals surface area contributed by atoms with Crippen molar-refractivity contribution in [1.82, 2.24) is 4.98 Å². The summed E-state index contributed by atoms with van der Waals surface area (Å²) in [6.45, 7) is 1.02. The molecule has 0 N–H and O–H groups in total. The third kappa shape index (κ3) is 4.74. The van der Waals surface area contributed by atoms with Crippen LogP contribution in [0.3, 0.4) is 0 Å². The maximum Gasteiger partial charge on any atom is 0.306 e. The van der Waals surface area contributed by atoms with Gasteiger partial charge in [0.15, 0.2) is 15.0 Å². The van der Waals surface area contributed by atoms with Gasteiger partial charge >= 0.3 is 5.97 Å². The van der Waals surface area contributed by atoms with Gasteiger partial charge < -0.3 is 9.64 Å². The number of nitrogens with zero attached hydrogens (tertiary/aromatic N) is 2. The van der Waals surface area contributed by atoms with E-state index >= 15 is 0 Å². The van der Waals surface area contributed by atoms with Crippen LogP contribution in [0.25, 0.3) is 10.2 Å². The zero-order valence-electron chi connectivity index (χ0n) is 15.8. The van der Waals surface area contributed by atoms with Crippen LogP contribution >= 0.6 is 22.9 Å². The van der Waals surface area contributed by atoms with Crippen LogP contribution in [0.1, 0.15) is 12.8 Å². The number of hydrogen-bond donors (Lipinski definition) is 0. The van der Waals surface area contributed by atoms with Gasteiger partial charge in [-0.1, -0.05) is 22.9 Å². The number of sulfone groups is 1. The number of thiazole rings is 1. The Morgan fingerprint density at radius 2 is 1.97 bits per heavy atom. The van der Waals surface area contributed by atoms with Crippen molar-refractivity contribution in [2.45, 2.75) is 23.8 Å². The van der Waals surface area contributed by atoms with Crippen molar-refractivity contribution in [3.63, 3.8) is 0 Å². The summed E-state index contributed by atoms with van der Waals surface area (Å²) < 4.78 is 44.0. The molecule has 0 unspecified atom stereocenters. The summed E-state index contributed by atoms with van der Waals surface area (Å²) in [4.78, 5) is 18.6. The Labute approximate surface area is 182 Å². The molecule has 4 rings (SSSR count). The molecule has 0 amide bonds. The molecule has 1 aliphatic heterocycles. The van der Waals surface area contributed by atoms with E-state index < -0.39 is 15.8 Å². The molecule has 3 aromatic rings. The van der Waals surface area contributed by atoms with Crippen LogP contribution in [-0.4, -0.2) is 44.3 Å². The number of rotatable bonds is 7. The van der Waals surface area contributed by atoms with Crippen LogP contribution in [0.5, 0.6) is 0 Å². The first kappa shape index (κ1) is 21.0. The zero-order valence-corrected chi connectivity index (χ0v) is 18.1. The van der Waals surface area contributed by atoms with Crippen molar-refractivity contribution >= 4 is 54.1 Å². The first-order valence-electron chi connectivity index (χ1n) is 9.29. The lowest BCUT2D eigenvalue weighted by Gasteiger charge is -2.38. The summed E-state index contributed by atoms with van der Waals surface area (Å²) in [5.74, 6) is -0.855. The van der Waals surface area contributed by atoms with E-state index in [9.17, 15) is 17.6 Å². The lowest BCUT2D eigenvalue weighted by molar-refractivity contribution is -0.150. The van der Waals surface area contributed by atoms with E-state index in [-0.39, 0.29) is 35.4 Å². The van der Waals surface area contributed by atoms with Gasteiger partial charge in [0.05, 0.1) is 34.0 Å². The number of carbonyl (C=O) groups is 1.